The number of imidazole rings is 1. The highest BCUT2D eigenvalue weighted by Crippen LogP contribution is 2.39. The monoisotopic (exact) mass is 409 g/mol. The third-order valence-corrected chi connectivity index (χ3v) is 6.66. The van der Waals surface area contributed by atoms with Crippen molar-refractivity contribution >= 4 is 28.7 Å². The Morgan fingerprint density at radius 2 is 2.03 bits per heavy atom. The summed E-state index contributed by atoms with van der Waals surface area (Å²) in [6.07, 6.45) is 12.5. The molecular formula is C20H23N7OS. The van der Waals surface area contributed by atoms with Gasteiger partial charge in [0.2, 0.25) is 11.9 Å². The first kappa shape index (κ1) is 18.2. The van der Waals surface area contributed by atoms with Gasteiger partial charge in [0.05, 0.1) is 6.20 Å². The number of anilines is 2. The van der Waals surface area contributed by atoms with Gasteiger partial charge in [-0.1, -0.05) is 19.8 Å². The van der Waals surface area contributed by atoms with E-state index in [1.165, 1.54) is 12.8 Å². The summed E-state index contributed by atoms with van der Waals surface area (Å²) in [6, 6.07) is 0.180. The minimum absolute atomic E-state index is 0.122. The Hall–Kier alpha value is -2.81. The summed E-state index contributed by atoms with van der Waals surface area (Å²) in [4.78, 5) is 35.2. The van der Waals surface area contributed by atoms with Crippen LogP contribution in [0.2, 0.25) is 0 Å². The Morgan fingerprint density at radius 1 is 1.21 bits per heavy atom. The molecule has 1 fully saturated rings. The largest absolute Gasteiger partial charge is 0.340 e. The molecule has 1 aliphatic heterocycles. The highest BCUT2D eigenvalue weighted by molar-refractivity contribution is 7.13. The number of nitrogens with zero attached hydrogens (tertiary/aromatic N) is 7. The van der Waals surface area contributed by atoms with Crippen molar-refractivity contribution in [3.63, 3.8) is 0 Å². The molecule has 0 aromatic carbocycles. The summed E-state index contributed by atoms with van der Waals surface area (Å²) in [5, 5.41) is 2.80. The smallest absolute Gasteiger partial charge is 0.249 e. The number of thiazole rings is 1. The van der Waals surface area contributed by atoms with Crippen LogP contribution in [0.3, 0.4) is 0 Å². The van der Waals surface area contributed by atoms with Crippen molar-refractivity contribution in [2.24, 2.45) is 0 Å². The summed E-state index contributed by atoms with van der Waals surface area (Å²) >= 11 is 1.55. The lowest BCUT2D eigenvalue weighted by Gasteiger charge is -2.43. The number of carbonyl (C=O) groups excluding carboxylic acids is 1. The molecule has 0 N–H and O–H groups in total. The van der Waals surface area contributed by atoms with Crippen LogP contribution >= 0.6 is 11.3 Å². The highest BCUT2D eigenvalue weighted by atomic mass is 32.1. The molecule has 1 saturated carbocycles. The summed E-state index contributed by atoms with van der Waals surface area (Å²) < 4.78 is 1.82. The van der Waals surface area contributed by atoms with Crippen LogP contribution in [-0.4, -0.2) is 49.5 Å². The standard InChI is InChI=1S/C20H23N7OS/c1-3-15-19(28)25(2)16-10-22-20(24-17(16)27(15)13-6-4-5-7-13)26-11-14(23-12-26)18-21-8-9-29-18/h8-13,15H,3-7H2,1-2H3/t15-/m1/s1. The van der Waals surface area contributed by atoms with E-state index in [2.05, 4.69) is 26.8 Å². The fraction of sp³-hybridized carbons (Fsp3) is 0.450. The van der Waals surface area contributed by atoms with Crippen molar-refractivity contribution < 1.29 is 4.79 Å². The van der Waals surface area contributed by atoms with E-state index in [0.717, 1.165) is 41.5 Å². The molecule has 1 atom stereocenters. The highest BCUT2D eigenvalue weighted by Gasteiger charge is 2.41. The van der Waals surface area contributed by atoms with Crippen LogP contribution in [0.5, 0.6) is 0 Å². The van der Waals surface area contributed by atoms with Crippen LogP contribution in [0.15, 0.2) is 30.3 Å². The van der Waals surface area contributed by atoms with E-state index in [1.54, 1.807) is 35.0 Å². The summed E-state index contributed by atoms with van der Waals surface area (Å²) in [5.74, 6) is 1.52. The van der Waals surface area contributed by atoms with Gasteiger partial charge in [0.15, 0.2) is 5.82 Å². The fourth-order valence-corrected chi connectivity index (χ4v) is 4.99. The zero-order valence-electron chi connectivity index (χ0n) is 16.5. The maximum Gasteiger partial charge on any atom is 0.249 e. The first-order valence-electron chi connectivity index (χ1n) is 10.0. The fourth-order valence-electron chi connectivity index (χ4n) is 4.39. The van der Waals surface area contributed by atoms with Crippen LogP contribution < -0.4 is 9.80 Å². The predicted molar refractivity (Wildman–Crippen MR) is 112 cm³/mol. The molecule has 5 rings (SSSR count). The van der Waals surface area contributed by atoms with Crippen molar-refractivity contribution in [2.45, 2.75) is 51.1 Å². The molecule has 0 spiro atoms. The molecule has 8 nitrogen and oxygen atoms in total. The van der Waals surface area contributed by atoms with Crippen molar-refractivity contribution in [2.75, 3.05) is 16.8 Å². The van der Waals surface area contributed by atoms with E-state index in [1.807, 2.05) is 23.2 Å². The Morgan fingerprint density at radius 3 is 2.76 bits per heavy atom. The molecular weight excluding hydrogens is 386 g/mol. The number of hydrogen-bond donors (Lipinski definition) is 0. The third kappa shape index (κ3) is 3.00. The van der Waals surface area contributed by atoms with Crippen LogP contribution in [0.25, 0.3) is 16.6 Å². The number of aromatic nitrogens is 5. The van der Waals surface area contributed by atoms with Crippen molar-refractivity contribution in [3.8, 4) is 16.6 Å². The van der Waals surface area contributed by atoms with Gasteiger partial charge in [-0.2, -0.15) is 4.98 Å². The number of hydrogen-bond acceptors (Lipinski definition) is 7. The number of carbonyl (C=O) groups is 1. The summed E-state index contributed by atoms with van der Waals surface area (Å²) in [7, 11) is 1.82. The lowest BCUT2D eigenvalue weighted by molar-refractivity contribution is -0.120. The van der Waals surface area contributed by atoms with Crippen LogP contribution in [0.1, 0.15) is 39.0 Å². The van der Waals surface area contributed by atoms with E-state index in [-0.39, 0.29) is 11.9 Å². The average molecular weight is 410 g/mol. The van der Waals surface area contributed by atoms with Crippen LogP contribution in [-0.2, 0) is 4.79 Å². The second-order valence-corrected chi connectivity index (χ2v) is 8.44. The zero-order chi connectivity index (χ0) is 20.0. The second kappa shape index (κ2) is 7.22. The molecule has 1 aliphatic carbocycles. The first-order chi connectivity index (χ1) is 14.2. The number of fused-ring (bicyclic) bond motifs is 1. The van der Waals surface area contributed by atoms with Gasteiger partial charge < -0.3 is 9.80 Å². The molecule has 4 heterocycles. The number of amides is 1. The Labute approximate surface area is 173 Å². The first-order valence-corrected chi connectivity index (χ1v) is 10.9. The molecule has 3 aromatic heterocycles. The number of likely N-dealkylation sites (N-methyl/N-ethyl adjacent to an activating group) is 1. The normalized spacial score (nSPS) is 19.8. The molecule has 0 radical (unpaired) electrons. The van der Waals surface area contributed by atoms with Crippen molar-refractivity contribution in [3.05, 3.63) is 30.3 Å². The lowest BCUT2D eigenvalue weighted by atomic mass is 10.0. The Kier molecular flexibility index (Phi) is 4.54. The zero-order valence-corrected chi connectivity index (χ0v) is 17.3. The van der Waals surface area contributed by atoms with Gasteiger partial charge in [0.25, 0.3) is 0 Å². The van der Waals surface area contributed by atoms with Crippen LogP contribution in [0.4, 0.5) is 11.5 Å². The number of rotatable bonds is 4. The molecule has 9 heteroatoms. The van der Waals surface area contributed by atoms with E-state index in [9.17, 15) is 4.79 Å². The maximum atomic E-state index is 13.0. The molecule has 1 amide bonds. The van der Waals surface area contributed by atoms with Gasteiger partial charge in [-0.25, -0.2) is 15.0 Å². The topological polar surface area (TPSA) is 80.0 Å². The van der Waals surface area contributed by atoms with Gasteiger partial charge in [0, 0.05) is 30.9 Å². The quantitative estimate of drug-likeness (QED) is 0.658. The van der Waals surface area contributed by atoms with Gasteiger partial charge in [-0.3, -0.25) is 9.36 Å². The third-order valence-electron chi connectivity index (χ3n) is 5.86. The van der Waals surface area contributed by atoms with Gasteiger partial charge >= 0.3 is 0 Å². The van der Waals surface area contributed by atoms with Crippen LogP contribution in [0, 0.1) is 0 Å². The maximum absolute atomic E-state index is 13.0. The second-order valence-electron chi connectivity index (χ2n) is 7.55. The average Bonchev–Trinajstić information content (AvgIpc) is 3.51. The van der Waals surface area contributed by atoms with Gasteiger partial charge in [-0.05, 0) is 19.3 Å². The summed E-state index contributed by atoms with van der Waals surface area (Å²) in [6.45, 7) is 2.07. The Bertz CT molecular complexity index is 1030. The van der Waals surface area contributed by atoms with Crippen molar-refractivity contribution in [1.82, 2.24) is 24.5 Å². The lowest BCUT2D eigenvalue weighted by Crippen LogP contribution is -2.55. The molecule has 0 saturated heterocycles. The minimum Gasteiger partial charge on any atom is -0.340 e. The van der Waals surface area contributed by atoms with E-state index in [0.29, 0.717) is 12.0 Å². The molecule has 0 unspecified atom stereocenters. The van der Waals surface area contributed by atoms with E-state index >= 15 is 0 Å². The Balaban J connectivity index is 1.58. The molecule has 3 aromatic rings. The predicted octanol–water partition coefficient (Wildman–Crippen LogP) is 3.29. The molecule has 29 heavy (non-hydrogen) atoms. The van der Waals surface area contributed by atoms with E-state index in [4.69, 9.17) is 4.98 Å². The van der Waals surface area contributed by atoms with Gasteiger partial charge in [0.1, 0.15) is 28.8 Å². The van der Waals surface area contributed by atoms with Crippen molar-refractivity contribution in [1.29, 1.82) is 0 Å². The van der Waals surface area contributed by atoms with Gasteiger partial charge in [-0.15, -0.1) is 11.3 Å². The summed E-state index contributed by atoms with van der Waals surface area (Å²) in [5.41, 5.74) is 1.57. The molecule has 150 valence electrons. The SMILES string of the molecule is CC[C@@H]1C(=O)N(C)c2cnc(-n3cnc(-c4nccs4)c3)nc2N1C1CCCC1. The van der Waals surface area contributed by atoms with E-state index < -0.39 is 0 Å². The minimum atomic E-state index is -0.174. The molecule has 2 aliphatic rings. The molecule has 0 bridgehead atoms.